The Morgan fingerprint density at radius 3 is 2.05 bits per heavy atom. The highest BCUT2D eigenvalue weighted by Crippen LogP contribution is 2.37. The van der Waals surface area contributed by atoms with Gasteiger partial charge in [-0.3, -0.25) is 0 Å². The minimum atomic E-state index is -0.318. The molecule has 100 valence electrons. The molecule has 0 heterocycles. The average molecular weight is 322 g/mol. The van der Waals surface area contributed by atoms with Crippen LogP contribution in [0.25, 0.3) is 0 Å². The number of methoxy groups -OCH3 is 2. The van der Waals surface area contributed by atoms with Crippen molar-refractivity contribution in [3.8, 4) is 11.5 Å². The summed E-state index contributed by atoms with van der Waals surface area (Å²) < 4.78 is 11.8. The zero-order valence-electron chi connectivity index (χ0n) is 10.9. The second-order valence-corrected chi connectivity index (χ2v) is 4.93. The summed E-state index contributed by atoms with van der Waals surface area (Å²) in [6, 6.07) is 13.2. The van der Waals surface area contributed by atoms with E-state index in [1.54, 1.807) is 14.2 Å². The van der Waals surface area contributed by atoms with Crippen LogP contribution < -0.4 is 15.2 Å². The lowest BCUT2D eigenvalue weighted by Gasteiger charge is -2.20. The minimum absolute atomic E-state index is 0.318. The average Bonchev–Trinajstić information content (AvgIpc) is 2.46. The normalized spacial score (nSPS) is 12.0. The molecule has 2 aromatic carbocycles. The van der Waals surface area contributed by atoms with Crippen molar-refractivity contribution in [1.82, 2.24) is 0 Å². The smallest absolute Gasteiger partial charge is 0.127 e. The van der Waals surface area contributed by atoms with Crippen LogP contribution in [-0.2, 0) is 0 Å². The van der Waals surface area contributed by atoms with Gasteiger partial charge in [-0.2, -0.15) is 0 Å². The molecule has 4 heteroatoms. The second kappa shape index (κ2) is 6.08. The Kier molecular flexibility index (Phi) is 4.45. The first-order valence-corrected chi connectivity index (χ1v) is 6.69. The highest BCUT2D eigenvalue weighted by atomic mass is 79.9. The van der Waals surface area contributed by atoms with E-state index in [9.17, 15) is 0 Å². The lowest BCUT2D eigenvalue weighted by Crippen LogP contribution is -2.15. The van der Waals surface area contributed by atoms with Crippen molar-refractivity contribution >= 4 is 15.9 Å². The highest BCUT2D eigenvalue weighted by molar-refractivity contribution is 9.10. The van der Waals surface area contributed by atoms with E-state index in [4.69, 9.17) is 15.2 Å². The first-order valence-electron chi connectivity index (χ1n) is 5.90. The Morgan fingerprint density at radius 1 is 0.947 bits per heavy atom. The summed E-state index contributed by atoms with van der Waals surface area (Å²) in [7, 11) is 3.26. The molecule has 0 spiro atoms. The van der Waals surface area contributed by atoms with Gasteiger partial charge in [0.15, 0.2) is 0 Å². The van der Waals surface area contributed by atoms with Crippen LogP contribution in [-0.4, -0.2) is 14.2 Å². The van der Waals surface area contributed by atoms with E-state index in [0.29, 0.717) is 0 Å². The van der Waals surface area contributed by atoms with Gasteiger partial charge in [-0.25, -0.2) is 0 Å². The predicted octanol–water partition coefficient (Wildman–Crippen LogP) is 3.51. The van der Waals surface area contributed by atoms with Crippen molar-refractivity contribution in [2.75, 3.05) is 14.2 Å². The van der Waals surface area contributed by atoms with Crippen LogP contribution >= 0.6 is 15.9 Å². The van der Waals surface area contributed by atoms with Crippen LogP contribution in [0.5, 0.6) is 11.5 Å². The zero-order valence-corrected chi connectivity index (χ0v) is 12.5. The SMILES string of the molecule is COc1cccc(OC)c1C(N)c1ccccc1Br. The molecule has 0 amide bonds. The van der Waals surface area contributed by atoms with Crippen LogP contribution in [0.1, 0.15) is 17.2 Å². The summed E-state index contributed by atoms with van der Waals surface area (Å²) in [6.45, 7) is 0. The number of halogens is 1. The summed E-state index contributed by atoms with van der Waals surface area (Å²) in [4.78, 5) is 0. The minimum Gasteiger partial charge on any atom is -0.496 e. The molecule has 0 radical (unpaired) electrons. The Morgan fingerprint density at radius 2 is 1.53 bits per heavy atom. The van der Waals surface area contributed by atoms with Crippen LogP contribution in [0.4, 0.5) is 0 Å². The molecular weight excluding hydrogens is 306 g/mol. The molecule has 0 aliphatic heterocycles. The quantitative estimate of drug-likeness (QED) is 0.937. The van der Waals surface area contributed by atoms with Crippen molar-refractivity contribution in [2.45, 2.75) is 6.04 Å². The molecule has 0 fully saturated rings. The number of benzene rings is 2. The van der Waals surface area contributed by atoms with E-state index in [1.165, 1.54) is 0 Å². The molecule has 2 rings (SSSR count). The van der Waals surface area contributed by atoms with Crippen LogP contribution in [0.3, 0.4) is 0 Å². The van der Waals surface area contributed by atoms with Gasteiger partial charge in [-0.05, 0) is 23.8 Å². The van der Waals surface area contributed by atoms with Crippen molar-refractivity contribution in [3.63, 3.8) is 0 Å². The van der Waals surface area contributed by atoms with Gasteiger partial charge in [0.25, 0.3) is 0 Å². The monoisotopic (exact) mass is 321 g/mol. The zero-order chi connectivity index (χ0) is 13.8. The lowest BCUT2D eigenvalue weighted by atomic mass is 9.98. The molecular formula is C15H16BrNO2. The fraction of sp³-hybridized carbons (Fsp3) is 0.200. The molecule has 2 N–H and O–H groups in total. The summed E-state index contributed by atoms with van der Waals surface area (Å²) in [5.41, 5.74) is 8.22. The fourth-order valence-corrected chi connectivity index (χ4v) is 2.60. The molecule has 0 saturated carbocycles. The molecule has 0 aliphatic carbocycles. The number of hydrogen-bond acceptors (Lipinski definition) is 3. The molecule has 19 heavy (non-hydrogen) atoms. The van der Waals surface area contributed by atoms with Gasteiger partial charge < -0.3 is 15.2 Å². The van der Waals surface area contributed by atoms with Gasteiger partial charge in [0.2, 0.25) is 0 Å². The van der Waals surface area contributed by atoms with Crippen LogP contribution in [0, 0.1) is 0 Å². The Bertz CT molecular complexity index is 550. The van der Waals surface area contributed by atoms with E-state index in [0.717, 1.165) is 27.1 Å². The first-order chi connectivity index (χ1) is 9.19. The van der Waals surface area contributed by atoms with Gasteiger partial charge in [-0.1, -0.05) is 40.2 Å². The maximum absolute atomic E-state index is 6.38. The molecule has 0 aromatic heterocycles. The maximum Gasteiger partial charge on any atom is 0.127 e. The number of rotatable bonds is 4. The first kappa shape index (κ1) is 13.9. The third kappa shape index (κ3) is 2.74. The second-order valence-electron chi connectivity index (χ2n) is 4.08. The molecule has 2 aromatic rings. The maximum atomic E-state index is 6.38. The summed E-state index contributed by atoms with van der Waals surface area (Å²) in [5.74, 6) is 1.45. The van der Waals surface area contributed by atoms with Crippen molar-refractivity contribution < 1.29 is 9.47 Å². The van der Waals surface area contributed by atoms with Crippen molar-refractivity contribution in [1.29, 1.82) is 0 Å². The molecule has 3 nitrogen and oxygen atoms in total. The fourth-order valence-electron chi connectivity index (χ4n) is 2.07. The van der Waals surface area contributed by atoms with Crippen molar-refractivity contribution in [2.24, 2.45) is 5.73 Å². The Balaban J connectivity index is 2.55. The van der Waals surface area contributed by atoms with Crippen LogP contribution in [0.15, 0.2) is 46.9 Å². The molecule has 1 unspecified atom stereocenters. The standard InChI is InChI=1S/C15H16BrNO2/c1-18-12-8-5-9-13(19-2)14(12)15(17)10-6-3-4-7-11(10)16/h3-9,15H,17H2,1-2H3. The van der Waals surface area contributed by atoms with E-state index in [1.807, 2.05) is 42.5 Å². The van der Waals surface area contributed by atoms with Gasteiger partial charge in [-0.15, -0.1) is 0 Å². The Hall–Kier alpha value is -1.52. The predicted molar refractivity (Wildman–Crippen MR) is 79.7 cm³/mol. The topological polar surface area (TPSA) is 44.5 Å². The van der Waals surface area contributed by atoms with Gasteiger partial charge in [0.1, 0.15) is 11.5 Å². The van der Waals surface area contributed by atoms with Gasteiger partial charge in [0, 0.05) is 4.47 Å². The van der Waals surface area contributed by atoms with Crippen LogP contribution in [0.2, 0.25) is 0 Å². The van der Waals surface area contributed by atoms with Gasteiger partial charge >= 0.3 is 0 Å². The summed E-state index contributed by atoms with van der Waals surface area (Å²) in [5, 5.41) is 0. The highest BCUT2D eigenvalue weighted by Gasteiger charge is 2.20. The van der Waals surface area contributed by atoms with E-state index in [2.05, 4.69) is 15.9 Å². The lowest BCUT2D eigenvalue weighted by molar-refractivity contribution is 0.382. The number of ether oxygens (including phenoxy) is 2. The number of hydrogen-bond donors (Lipinski definition) is 1. The molecule has 1 atom stereocenters. The van der Waals surface area contributed by atoms with Gasteiger partial charge in [0.05, 0.1) is 25.8 Å². The summed E-state index contributed by atoms with van der Waals surface area (Å²) >= 11 is 3.53. The molecule has 0 aliphatic rings. The van der Waals surface area contributed by atoms with E-state index in [-0.39, 0.29) is 6.04 Å². The largest absolute Gasteiger partial charge is 0.496 e. The molecule has 0 saturated heterocycles. The summed E-state index contributed by atoms with van der Waals surface area (Å²) in [6.07, 6.45) is 0. The Labute approximate surface area is 121 Å². The van der Waals surface area contributed by atoms with E-state index >= 15 is 0 Å². The van der Waals surface area contributed by atoms with E-state index < -0.39 is 0 Å². The third-order valence-electron chi connectivity index (χ3n) is 3.02. The third-order valence-corrected chi connectivity index (χ3v) is 3.74. The molecule has 0 bridgehead atoms. The van der Waals surface area contributed by atoms with Crippen molar-refractivity contribution in [3.05, 3.63) is 58.1 Å². The number of nitrogens with two attached hydrogens (primary N) is 1.